The standard InChI is InChI=1S/C43H48N2O4/c1-41(2,3)49-40(47)31-24-23-30(27-36(31)46)48-39-28(21-25-37-42(4,5)32-17-10-12-19-34(32)44(37)8)15-14-16-29(39)22-26-38-43(6,7)33-18-11-13-20-35(33)45(38)9/h10-13,17-27H,14-16H2,1-9H3/p+1. The van der Waals surface area contributed by atoms with Crippen molar-refractivity contribution < 1.29 is 24.0 Å². The lowest BCUT2D eigenvalue weighted by Gasteiger charge is -2.25. The molecule has 0 saturated heterocycles. The van der Waals surface area contributed by atoms with E-state index in [-0.39, 0.29) is 22.1 Å². The third kappa shape index (κ3) is 6.37. The van der Waals surface area contributed by atoms with Crippen LogP contribution in [0.25, 0.3) is 0 Å². The predicted octanol–water partition coefficient (Wildman–Crippen LogP) is 9.66. The minimum atomic E-state index is -0.675. The van der Waals surface area contributed by atoms with Crippen molar-refractivity contribution in [3.05, 3.63) is 130 Å². The van der Waals surface area contributed by atoms with E-state index in [1.807, 2.05) is 0 Å². The molecule has 3 aromatic rings. The molecule has 2 heterocycles. The minimum absolute atomic E-state index is 0.106. The van der Waals surface area contributed by atoms with Crippen LogP contribution in [0.3, 0.4) is 0 Å². The highest BCUT2D eigenvalue weighted by Gasteiger charge is 2.43. The van der Waals surface area contributed by atoms with Gasteiger partial charge in [-0.05, 0) is 101 Å². The SMILES string of the molecule is CN1/C(=C/C=C2\CCCC(/C=C/C3=[N+](C)c4ccccc4C3(C)C)=C2Oc2ccc(C(=O)OC(C)(C)C)c(O)c2)C(C)(C)c2ccccc21. The molecule has 254 valence electrons. The van der Waals surface area contributed by atoms with Crippen LogP contribution in [-0.2, 0) is 15.6 Å². The van der Waals surface area contributed by atoms with E-state index in [1.165, 1.54) is 40.0 Å². The van der Waals surface area contributed by atoms with Crippen molar-refractivity contribution in [1.29, 1.82) is 0 Å². The van der Waals surface area contributed by atoms with Crippen molar-refractivity contribution in [2.75, 3.05) is 19.0 Å². The zero-order chi connectivity index (χ0) is 35.3. The minimum Gasteiger partial charge on any atom is -0.507 e. The number of allylic oxidation sites excluding steroid dienone is 7. The molecule has 2 aliphatic heterocycles. The number of fused-ring (bicyclic) bond motifs is 2. The summed E-state index contributed by atoms with van der Waals surface area (Å²) in [5.74, 6) is 0.476. The second-order valence-electron chi connectivity index (χ2n) is 15.4. The first-order valence-electron chi connectivity index (χ1n) is 17.2. The molecular formula is C43H49N2O4+. The number of likely N-dealkylation sites (N-methyl/N-ethyl adjacent to an activating group) is 1. The smallest absolute Gasteiger partial charge is 0.342 e. The molecule has 3 aliphatic rings. The second kappa shape index (κ2) is 12.6. The molecule has 49 heavy (non-hydrogen) atoms. The fourth-order valence-corrected chi connectivity index (χ4v) is 7.51. The molecule has 6 heteroatoms. The van der Waals surface area contributed by atoms with Crippen LogP contribution in [0.4, 0.5) is 11.4 Å². The van der Waals surface area contributed by atoms with Crippen molar-refractivity contribution in [1.82, 2.24) is 0 Å². The first kappa shape index (κ1) is 34.0. The highest BCUT2D eigenvalue weighted by Crippen LogP contribution is 2.47. The first-order chi connectivity index (χ1) is 23.1. The van der Waals surface area contributed by atoms with Gasteiger partial charge in [0.15, 0.2) is 5.71 Å². The van der Waals surface area contributed by atoms with Crippen LogP contribution in [-0.4, -0.2) is 41.1 Å². The fraction of sp³-hybridized carbons (Fsp3) is 0.349. The lowest BCUT2D eigenvalue weighted by molar-refractivity contribution is -0.401. The number of para-hydroxylation sites is 2. The largest absolute Gasteiger partial charge is 0.507 e. The lowest BCUT2D eigenvalue weighted by Crippen LogP contribution is -2.26. The molecule has 0 saturated carbocycles. The van der Waals surface area contributed by atoms with E-state index in [1.54, 1.807) is 32.9 Å². The van der Waals surface area contributed by atoms with Gasteiger partial charge in [-0.25, -0.2) is 4.79 Å². The predicted molar refractivity (Wildman–Crippen MR) is 198 cm³/mol. The molecule has 0 fully saturated rings. The molecule has 0 unspecified atom stereocenters. The fourth-order valence-electron chi connectivity index (χ4n) is 7.51. The number of carbonyl (C=O) groups is 1. The number of benzene rings is 3. The summed E-state index contributed by atoms with van der Waals surface area (Å²) in [5, 5.41) is 10.9. The number of rotatable bonds is 6. The maximum atomic E-state index is 12.8. The Labute approximate surface area is 291 Å². The zero-order valence-corrected chi connectivity index (χ0v) is 30.3. The molecule has 1 aliphatic carbocycles. The molecule has 6 nitrogen and oxygen atoms in total. The van der Waals surface area contributed by atoms with Crippen molar-refractivity contribution in [2.24, 2.45) is 0 Å². The van der Waals surface area contributed by atoms with Gasteiger partial charge in [0.25, 0.3) is 0 Å². The zero-order valence-electron chi connectivity index (χ0n) is 30.3. The molecule has 0 atom stereocenters. The number of hydrogen-bond donors (Lipinski definition) is 1. The Bertz CT molecular complexity index is 1980. The molecule has 3 aromatic carbocycles. The Kier molecular flexibility index (Phi) is 8.72. The number of nitrogens with zero attached hydrogens (tertiary/aromatic N) is 2. The third-order valence-electron chi connectivity index (χ3n) is 10.0. The quantitative estimate of drug-likeness (QED) is 0.211. The molecule has 0 amide bonds. The Morgan fingerprint density at radius 1 is 0.898 bits per heavy atom. The van der Waals surface area contributed by atoms with Crippen LogP contribution in [0.15, 0.2) is 114 Å². The van der Waals surface area contributed by atoms with Gasteiger partial charge >= 0.3 is 5.97 Å². The number of carbonyl (C=O) groups excluding carboxylic acids is 1. The highest BCUT2D eigenvalue weighted by molar-refractivity contribution is 6.03. The summed E-state index contributed by atoms with van der Waals surface area (Å²) in [6.45, 7) is 14.5. The van der Waals surface area contributed by atoms with Crippen LogP contribution in [0, 0.1) is 0 Å². The van der Waals surface area contributed by atoms with Gasteiger partial charge in [-0.1, -0.05) is 56.3 Å². The van der Waals surface area contributed by atoms with E-state index < -0.39 is 11.6 Å². The number of aromatic hydroxyl groups is 1. The second-order valence-corrected chi connectivity index (χ2v) is 15.4. The van der Waals surface area contributed by atoms with Crippen LogP contribution in [0.5, 0.6) is 11.5 Å². The molecule has 1 N–H and O–H groups in total. The molecule has 0 bridgehead atoms. The molecule has 0 aromatic heterocycles. The van der Waals surface area contributed by atoms with Gasteiger partial charge in [0, 0.05) is 47.6 Å². The molecule has 6 rings (SSSR count). The first-order valence-corrected chi connectivity index (χ1v) is 17.2. The summed E-state index contributed by atoms with van der Waals surface area (Å²) >= 11 is 0. The Morgan fingerprint density at radius 2 is 1.59 bits per heavy atom. The highest BCUT2D eigenvalue weighted by atomic mass is 16.6. The molecule has 0 spiro atoms. The van der Waals surface area contributed by atoms with Gasteiger partial charge in [-0.2, -0.15) is 4.58 Å². The van der Waals surface area contributed by atoms with Crippen LogP contribution < -0.4 is 9.64 Å². The average Bonchev–Trinajstić information content (AvgIpc) is 3.36. The Balaban J connectivity index is 1.41. The van der Waals surface area contributed by atoms with Gasteiger partial charge in [-0.15, -0.1) is 0 Å². The number of phenols is 1. The van der Waals surface area contributed by atoms with E-state index in [0.29, 0.717) is 5.75 Å². The molecular weight excluding hydrogens is 608 g/mol. The van der Waals surface area contributed by atoms with Crippen molar-refractivity contribution in [2.45, 2.75) is 84.2 Å². The Morgan fingerprint density at radius 3 is 2.27 bits per heavy atom. The summed E-state index contributed by atoms with van der Waals surface area (Å²) < 4.78 is 14.5. The van der Waals surface area contributed by atoms with E-state index in [0.717, 1.165) is 36.2 Å². The van der Waals surface area contributed by atoms with E-state index >= 15 is 0 Å². The summed E-state index contributed by atoms with van der Waals surface area (Å²) in [6.07, 6.45) is 11.5. The summed E-state index contributed by atoms with van der Waals surface area (Å²) in [5.41, 5.74) is 8.78. The van der Waals surface area contributed by atoms with Crippen LogP contribution >= 0.6 is 0 Å². The molecule has 0 radical (unpaired) electrons. The van der Waals surface area contributed by atoms with Gasteiger partial charge in [0.2, 0.25) is 5.69 Å². The van der Waals surface area contributed by atoms with Gasteiger partial charge in [0.05, 0.1) is 5.41 Å². The average molecular weight is 658 g/mol. The normalized spacial score (nSPS) is 20.0. The maximum Gasteiger partial charge on any atom is 0.342 e. The van der Waals surface area contributed by atoms with Crippen molar-refractivity contribution in [3.63, 3.8) is 0 Å². The Hall–Kier alpha value is -4.84. The van der Waals surface area contributed by atoms with Crippen LogP contribution in [0.2, 0.25) is 0 Å². The van der Waals surface area contributed by atoms with Gasteiger partial charge in [-0.3, -0.25) is 0 Å². The summed E-state index contributed by atoms with van der Waals surface area (Å²) in [4.78, 5) is 15.0. The van der Waals surface area contributed by atoms with E-state index in [4.69, 9.17) is 9.47 Å². The summed E-state index contributed by atoms with van der Waals surface area (Å²) in [6, 6.07) is 22.0. The number of esters is 1. The third-order valence-corrected chi connectivity index (χ3v) is 10.0. The van der Waals surface area contributed by atoms with E-state index in [2.05, 4.69) is 124 Å². The van der Waals surface area contributed by atoms with Crippen molar-refractivity contribution >= 4 is 23.1 Å². The lowest BCUT2D eigenvalue weighted by atomic mass is 9.81. The number of hydrogen-bond acceptors (Lipinski definition) is 5. The van der Waals surface area contributed by atoms with Crippen molar-refractivity contribution in [3.8, 4) is 11.5 Å². The van der Waals surface area contributed by atoms with Gasteiger partial charge < -0.3 is 19.5 Å². The topological polar surface area (TPSA) is 62.0 Å². The maximum absolute atomic E-state index is 12.8. The monoisotopic (exact) mass is 657 g/mol. The summed E-state index contributed by atoms with van der Waals surface area (Å²) in [7, 11) is 4.26. The number of phenolic OH excluding ortho intramolecular Hbond substituents is 1. The van der Waals surface area contributed by atoms with Gasteiger partial charge in [0.1, 0.15) is 35.5 Å². The van der Waals surface area contributed by atoms with Crippen LogP contribution in [0.1, 0.15) is 89.2 Å². The number of ether oxygens (including phenoxy) is 2. The number of anilines is 1. The van der Waals surface area contributed by atoms with E-state index in [9.17, 15) is 9.90 Å².